The van der Waals surface area contributed by atoms with Gasteiger partial charge in [0.25, 0.3) is 0 Å². The number of nitrogens with zero attached hydrogens (tertiary/aromatic N) is 3. The molecule has 0 amide bonds. The number of aromatic nitrogens is 3. The van der Waals surface area contributed by atoms with Gasteiger partial charge in [0.2, 0.25) is 4.77 Å². The fourth-order valence-corrected chi connectivity index (χ4v) is 2.21. The molecule has 0 aliphatic rings. The highest BCUT2D eigenvalue weighted by Gasteiger charge is 2.07. The molecule has 0 aliphatic heterocycles. The number of aromatic amines is 1. The molecule has 0 unspecified atom stereocenters. The van der Waals surface area contributed by atoms with Gasteiger partial charge in [-0.05, 0) is 42.9 Å². The Morgan fingerprint density at radius 1 is 1.13 bits per heavy atom. The molecule has 3 aromatic rings. The second-order valence-electron chi connectivity index (χ2n) is 5.02. The second kappa shape index (κ2) is 6.05. The Morgan fingerprint density at radius 3 is 2.57 bits per heavy atom. The van der Waals surface area contributed by atoms with Crippen LogP contribution in [-0.4, -0.2) is 31.3 Å². The van der Waals surface area contributed by atoms with Crippen LogP contribution in [0, 0.1) is 11.7 Å². The van der Waals surface area contributed by atoms with Gasteiger partial charge in [0.1, 0.15) is 0 Å². The molecule has 3 N–H and O–H groups in total. The third-order valence-electron chi connectivity index (χ3n) is 3.28. The molecule has 0 saturated carbocycles. The summed E-state index contributed by atoms with van der Waals surface area (Å²) in [5.41, 5.74) is 2.66. The summed E-state index contributed by atoms with van der Waals surface area (Å²) in [7, 11) is 0. The van der Waals surface area contributed by atoms with Crippen molar-refractivity contribution in [2.24, 2.45) is 5.10 Å². The van der Waals surface area contributed by atoms with Gasteiger partial charge < -0.3 is 10.2 Å². The molecule has 0 atom stereocenters. The Hall–Kier alpha value is -2.93. The van der Waals surface area contributed by atoms with Crippen molar-refractivity contribution in [3.05, 3.63) is 58.4 Å². The van der Waals surface area contributed by atoms with Gasteiger partial charge in [-0.3, -0.25) is 0 Å². The molecule has 6 nitrogen and oxygen atoms in total. The molecule has 0 saturated heterocycles. The Labute approximate surface area is 137 Å². The van der Waals surface area contributed by atoms with Crippen molar-refractivity contribution >= 4 is 18.4 Å². The maximum atomic E-state index is 9.51. The van der Waals surface area contributed by atoms with E-state index in [-0.39, 0.29) is 11.5 Å². The first-order valence-corrected chi connectivity index (χ1v) is 7.26. The minimum absolute atomic E-state index is 0.178. The van der Waals surface area contributed by atoms with Crippen LogP contribution in [0.25, 0.3) is 11.4 Å². The van der Waals surface area contributed by atoms with Gasteiger partial charge in [0, 0.05) is 5.56 Å². The number of aromatic hydroxyl groups is 2. The Bertz CT molecular complexity index is 926. The number of hydrogen-bond acceptors (Lipinski definition) is 5. The molecule has 0 bridgehead atoms. The zero-order chi connectivity index (χ0) is 16.4. The summed E-state index contributed by atoms with van der Waals surface area (Å²) in [5, 5.41) is 30.1. The fourth-order valence-electron chi connectivity index (χ4n) is 2.03. The van der Waals surface area contributed by atoms with Crippen LogP contribution >= 0.6 is 12.2 Å². The average Bonchev–Trinajstić information content (AvgIpc) is 2.90. The molecule has 23 heavy (non-hydrogen) atoms. The number of rotatable bonds is 3. The molecule has 2 aromatic carbocycles. The molecule has 1 aromatic heterocycles. The number of H-pyrrole nitrogens is 1. The van der Waals surface area contributed by atoms with E-state index in [1.165, 1.54) is 23.0 Å². The first kappa shape index (κ1) is 15.0. The van der Waals surface area contributed by atoms with E-state index >= 15 is 0 Å². The van der Waals surface area contributed by atoms with E-state index in [1.54, 1.807) is 6.07 Å². The highest BCUT2D eigenvalue weighted by molar-refractivity contribution is 7.71. The Balaban J connectivity index is 1.98. The van der Waals surface area contributed by atoms with Crippen molar-refractivity contribution < 1.29 is 10.2 Å². The van der Waals surface area contributed by atoms with Crippen LogP contribution in [0.5, 0.6) is 11.5 Å². The van der Waals surface area contributed by atoms with Crippen LogP contribution in [0.4, 0.5) is 0 Å². The largest absolute Gasteiger partial charge is 0.504 e. The lowest BCUT2D eigenvalue weighted by Gasteiger charge is -2.02. The van der Waals surface area contributed by atoms with Gasteiger partial charge in [-0.25, -0.2) is 5.10 Å². The number of benzene rings is 2. The van der Waals surface area contributed by atoms with Crippen LogP contribution < -0.4 is 0 Å². The maximum absolute atomic E-state index is 9.51. The smallest absolute Gasteiger partial charge is 0.216 e. The third kappa shape index (κ3) is 3.14. The molecule has 3 rings (SSSR count). The summed E-state index contributed by atoms with van der Waals surface area (Å²) in [6.07, 6.45) is 1.53. The third-order valence-corrected chi connectivity index (χ3v) is 3.55. The van der Waals surface area contributed by atoms with E-state index in [0.29, 0.717) is 16.2 Å². The van der Waals surface area contributed by atoms with Gasteiger partial charge >= 0.3 is 0 Å². The van der Waals surface area contributed by atoms with Gasteiger partial charge in [0.05, 0.1) is 6.21 Å². The predicted octanol–water partition coefficient (Wildman–Crippen LogP) is 3.21. The molecular formula is C16H14N4O2S. The molecular weight excluding hydrogens is 312 g/mol. The fraction of sp³-hybridized carbons (Fsp3) is 0.0625. The Kier molecular flexibility index (Phi) is 3.94. The van der Waals surface area contributed by atoms with E-state index < -0.39 is 0 Å². The molecule has 7 heteroatoms. The monoisotopic (exact) mass is 326 g/mol. The summed E-state index contributed by atoms with van der Waals surface area (Å²) in [6.45, 7) is 2.01. The molecule has 0 fully saturated rings. The summed E-state index contributed by atoms with van der Waals surface area (Å²) >= 11 is 5.20. The maximum Gasteiger partial charge on any atom is 0.216 e. The van der Waals surface area contributed by atoms with Gasteiger partial charge in [0.15, 0.2) is 17.3 Å². The van der Waals surface area contributed by atoms with E-state index in [1.807, 2.05) is 31.2 Å². The van der Waals surface area contributed by atoms with E-state index in [0.717, 1.165) is 11.1 Å². The predicted molar refractivity (Wildman–Crippen MR) is 90.3 cm³/mol. The van der Waals surface area contributed by atoms with Crippen molar-refractivity contribution in [1.29, 1.82) is 0 Å². The lowest BCUT2D eigenvalue weighted by Crippen LogP contribution is -1.95. The van der Waals surface area contributed by atoms with Crippen molar-refractivity contribution in [1.82, 2.24) is 14.9 Å². The van der Waals surface area contributed by atoms with Crippen LogP contribution in [0.3, 0.4) is 0 Å². The second-order valence-corrected chi connectivity index (χ2v) is 5.41. The highest BCUT2D eigenvalue weighted by Crippen LogP contribution is 2.24. The Morgan fingerprint density at radius 2 is 1.87 bits per heavy atom. The van der Waals surface area contributed by atoms with E-state index in [4.69, 9.17) is 12.2 Å². The molecule has 0 radical (unpaired) electrons. The van der Waals surface area contributed by atoms with Gasteiger partial charge in [-0.1, -0.05) is 29.8 Å². The number of aryl methyl sites for hydroxylation is 1. The molecule has 0 aliphatic carbocycles. The normalized spacial score (nSPS) is 11.2. The number of phenolic OH excluding ortho intramolecular Hbond substituents is 2. The summed E-state index contributed by atoms with van der Waals surface area (Å²) in [5.74, 6) is 0.208. The minimum Gasteiger partial charge on any atom is -0.504 e. The number of phenols is 2. The van der Waals surface area contributed by atoms with Crippen molar-refractivity contribution in [3.8, 4) is 22.9 Å². The van der Waals surface area contributed by atoms with E-state index in [2.05, 4.69) is 15.3 Å². The van der Waals surface area contributed by atoms with Crippen molar-refractivity contribution in [3.63, 3.8) is 0 Å². The number of hydrogen-bond donors (Lipinski definition) is 3. The number of nitrogens with one attached hydrogen (secondary N) is 1. The first-order chi connectivity index (χ1) is 11.0. The summed E-state index contributed by atoms with van der Waals surface area (Å²) in [4.78, 5) is 0. The van der Waals surface area contributed by atoms with Crippen LogP contribution in [0.1, 0.15) is 11.1 Å². The molecule has 1 heterocycles. The van der Waals surface area contributed by atoms with Gasteiger partial charge in [-0.2, -0.15) is 14.9 Å². The standard InChI is InChI=1S/C16H14N4O2S/c1-10-2-5-12(6-3-10)15-18-19-16(23)20(15)17-9-11-4-7-13(21)14(22)8-11/h2-9,21-22H,1H3,(H,19,23)/b17-9+. The summed E-state index contributed by atoms with van der Waals surface area (Å²) < 4.78 is 1.86. The van der Waals surface area contributed by atoms with E-state index in [9.17, 15) is 10.2 Å². The van der Waals surface area contributed by atoms with Crippen LogP contribution in [0.15, 0.2) is 47.6 Å². The topological polar surface area (TPSA) is 86.4 Å². The lowest BCUT2D eigenvalue weighted by atomic mass is 10.1. The van der Waals surface area contributed by atoms with Crippen molar-refractivity contribution in [2.75, 3.05) is 0 Å². The quantitative estimate of drug-likeness (QED) is 0.392. The van der Waals surface area contributed by atoms with Crippen LogP contribution in [0.2, 0.25) is 0 Å². The molecule has 0 spiro atoms. The zero-order valence-electron chi connectivity index (χ0n) is 12.3. The highest BCUT2D eigenvalue weighted by atomic mass is 32.1. The summed E-state index contributed by atoms with van der Waals surface area (Å²) in [6, 6.07) is 12.3. The van der Waals surface area contributed by atoms with Crippen molar-refractivity contribution in [2.45, 2.75) is 6.92 Å². The van der Waals surface area contributed by atoms with Crippen LogP contribution in [-0.2, 0) is 0 Å². The zero-order valence-corrected chi connectivity index (χ0v) is 13.1. The lowest BCUT2D eigenvalue weighted by molar-refractivity contribution is 0.403. The van der Waals surface area contributed by atoms with Gasteiger partial charge in [-0.15, -0.1) is 0 Å². The average molecular weight is 326 g/mol. The molecule has 116 valence electrons. The minimum atomic E-state index is -0.205. The first-order valence-electron chi connectivity index (χ1n) is 6.85. The SMILES string of the molecule is Cc1ccc(-c2n[nH]c(=S)n2/N=C/c2ccc(O)c(O)c2)cc1.